The maximum absolute atomic E-state index is 14.2. The van der Waals surface area contributed by atoms with E-state index in [1.165, 1.54) is 18.1 Å². The third kappa shape index (κ3) is 3.90. The summed E-state index contributed by atoms with van der Waals surface area (Å²) in [6, 6.07) is 5.52. The maximum Gasteiger partial charge on any atom is 0.131 e. The predicted molar refractivity (Wildman–Crippen MR) is 93.6 cm³/mol. The Hall–Kier alpha value is -1.90. The molecule has 0 radical (unpaired) electrons. The summed E-state index contributed by atoms with van der Waals surface area (Å²) in [5.74, 6) is 0.422. The standard InChI is InChI=1S/C20H26FNO/c1-6-7-8-15-9-14(4)20(22-12-15)17-10-16(13(2)3)18(21)11-19(17)23-5/h9-13H,6-8H2,1-5H3. The number of halogens is 1. The second kappa shape index (κ2) is 7.58. The Bertz CT molecular complexity index is 680. The molecular weight excluding hydrogens is 289 g/mol. The first-order valence-corrected chi connectivity index (χ1v) is 8.31. The van der Waals surface area contributed by atoms with Crippen LogP contribution in [0.25, 0.3) is 11.3 Å². The normalized spacial score (nSPS) is 11.1. The largest absolute Gasteiger partial charge is 0.496 e. The second-order valence-electron chi connectivity index (χ2n) is 6.34. The number of hydrogen-bond acceptors (Lipinski definition) is 2. The molecule has 0 unspecified atom stereocenters. The molecule has 2 nitrogen and oxygen atoms in total. The maximum atomic E-state index is 14.2. The number of aromatic nitrogens is 1. The molecule has 0 amide bonds. The van der Waals surface area contributed by atoms with Gasteiger partial charge in [-0.15, -0.1) is 0 Å². The number of unbranched alkanes of at least 4 members (excludes halogenated alkanes) is 1. The molecule has 0 aliphatic heterocycles. The molecule has 0 saturated heterocycles. The summed E-state index contributed by atoms with van der Waals surface area (Å²) in [7, 11) is 1.57. The van der Waals surface area contributed by atoms with Gasteiger partial charge in [-0.3, -0.25) is 4.98 Å². The highest BCUT2D eigenvalue weighted by Gasteiger charge is 2.16. The lowest BCUT2D eigenvalue weighted by Gasteiger charge is -2.15. The Morgan fingerprint density at radius 2 is 1.96 bits per heavy atom. The minimum atomic E-state index is -0.224. The van der Waals surface area contributed by atoms with Crippen molar-refractivity contribution in [3.05, 3.63) is 46.9 Å². The zero-order valence-electron chi connectivity index (χ0n) is 14.7. The fourth-order valence-corrected chi connectivity index (χ4v) is 2.80. The smallest absolute Gasteiger partial charge is 0.131 e. The van der Waals surface area contributed by atoms with Gasteiger partial charge in [-0.05, 0) is 48.4 Å². The van der Waals surface area contributed by atoms with E-state index in [4.69, 9.17) is 4.74 Å². The van der Waals surface area contributed by atoms with E-state index in [2.05, 4.69) is 24.9 Å². The molecule has 0 aliphatic rings. The molecule has 2 rings (SSSR count). The Morgan fingerprint density at radius 3 is 2.52 bits per heavy atom. The zero-order chi connectivity index (χ0) is 17.0. The lowest BCUT2D eigenvalue weighted by Crippen LogP contribution is -2.00. The van der Waals surface area contributed by atoms with E-state index < -0.39 is 0 Å². The van der Waals surface area contributed by atoms with Gasteiger partial charge in [0.1, 0.15) is 11.6 Å². The van der Waals surface area contributed by atoms with Gasteiger partial charge >= 0.3 is 0 Å². The highest BCUT2D eigenvalue weighted by Crippen LogP contribution is 2.35. The molecule has 124 valence electrons. The molecular formula is C20H26FNO. The summed E-state index contributed by atoms with van der Waals surface area (Å²) in [5.41, 5.74) is 4.76. The molecule has 0 spiro atoms. The van der Waals surface area contributed by atoms with Crippen molar-refractivity contribution in [2.24, 2.45) is 0 Å². The minimum absolute atomic E-state index is 0.115. The topological polar surface area (TPSA) is 22.1 Å². The SMILES string of the molecule is CCCCc1cnc(-c2cc(C(C)C)c(F)cc2OC)c(C)c1. The molecule has 23 heavy (non-hydrogen) atoms. The van der Waals surface area contributed by atoms with Crippen LogP contribution < -0.4 is 4.74 Å². The molecule has 1 aromatic carbocycles. The van der Waals surface area contributed by atoms with Crippen LogP contribution >= 0.6 is 0 Å². The van der Waals surface area contributed by atoms with E-state index in [0.29, 0.717) is 11.3 Å². The molecule has 3 heteroatoms. The average molecular weight is 315 g/mol. The third-order valence-corrected chi connectivity index (χ3v) is 4.15. The van der Waals surface area contributed by atoms with Crippen LogP contribution in [0.4, 0.5) is 4.39 Å². The molecule has 0 bridgehead atoms. The molecule has 0 aliphatic carbocycles. The van der Waals surface area contributed by atoms with Crippen molar-refractivity contribution in [3.63, 3.8) is 0 Å². The van der Waals surface area contributed by atoms with Crippen LogP contribution in [0.2, 0.25) is 0 Å². The highest BCUT2D eigenvalue weighted by molar-refractivity contribution is 5.71. The number of nitrogens with zero attached hydrogens (tertiary/aromatic N) is 1. The van der Waals surface area contributed by atoms with Crippen LogP contribution in [0.3, 0.4) is 0 Å². The van der Waals surface area contributed by atoms with Crippen molar-refractivity contribution in [1.29, 1.82) is 0 Å². The van der Waals surface area contributed by atoms with Crippen LogP contribution in [0.1, 0.15) is 56.2 Å². The summed E-state index contributed by atoms with van der Waals surface area (Å²) in [4.78, 5) is 4.64. The Kier molecular flexibility index (Phi) is 5.75. The van der Waals surface area contributed by atoms with Crippen LogP contribution in [0.5, 0.6) is 5.75 Å². The van der Waals surface area contributed by atoms with E-state index in [9.17, 15) is 4.39 Å². The van der Waals surface area contributed by atoms with Gasteiger partial charge in [0.2, 0.25) is 0 Å². The van der Waals surface area contributed by atoms with Crippen molar-refractivity contribution >= 4 is 0 Å². The molecule has 2 aromatic rings. The highest BCUT2D eigenvalue weighted by atomic mass is 19.1. The quantitative estimate of drug-likeness (QED) is 0.685. The lowest BCUT2D eigenvalue weighted by molar-refractivity contribution is 0.412. The van der Waals surface area contributed by atoms with Crippen LogP contribution in [-0.4, -0.2) is 12.1 Å². The first-order chi connectivity index (χ1) is 11.0. The van der Waals surface area contributed by atoms with Gasteiger partial charge < -0.3 is 4.74 Å². The van der Waals surface area contributed by atoms with Crippen molar-refractivity contribution in [2.45, 2.75) is 52.9 Å². The number of methoxy groups -OCH3 is 1. The van der Waals surface area contributed by atoms with Crippen molar-refractivity contribution in [2.75, 3.05) is 7.11 Å². The summed E-state index contributed by atoms with van der Waals surface area (Å²) in [6.45, 7) is 8.21. The van der Waals surface area contributed by atoms with Gasteiger partial charge in [0.05, 0.1) is 12.8 Å². The predicted octanol–water partition coefficient (Wildman–Crippen LogP) is 5.67. The molecule has 0 atom stereocenters. The number of rotatable bonds is 6. The zero-order valence-corrected chi connectivity index (χ0v) is 14.7. The summed E-state index contributed by atoms with van der Waals surface area (Å²) < 4.78 is 19.6. The van der Waals surface area contributed by atoms with Gasteiger partial charge in [0.15, 0.2) is 0 Å². The van der Waals surface area contributed by atoms with Crippen molar-refractivity contribution in [1.82, 2.24) is 4.98 Å². The van der Waals surface area contributed by atoms with E-state index in [1.54, 1.807) is 7.11 Å². The van der Waals surface area contributed by atoms with Crippen molar-refractivity contribution in [3.8, 4) is 17.0 Å². The third-order valence-electron chi connectivity index (χ3n) is 4.15. The first-order valence-electron chi connectivity index (χ1n) is 8.31. The van der Waals surface area contributed by atoms with Crippen LogP contribution in [0, 0.1) is 12.7 Å². The Balaban J connectivity index is 2.50. The van der Waals surface area contributed by atoms with Crippen LogP contribution in [-0.2, 0) is 6.42 Å². The lowest BCUT2D eigenvalue weighted by atomic mass is 9.96. The monoisotopic (exact) mass is 315 g/mol. The number of pyridine rings is 1. The average Bonchev–Trinajstić information content (AvgIpc) is 2.52. The molecule has 0 saturated carbocycles. The fourth-order valence-electron chi connectivity index (χ4n) is 2.80. The number of aryl methyl sites for hydroxylation is 2. The van der Waals surface area contributed by atoms with Gasteiger partial charge in [-0.1, -0.05) is 33.3 Å². The summed E-state index contributed by atoms with van der Waals surface area (Å²) in [5, 5.41) is 0. The minimum Gasteiger partial charge on any atom is -0.496 e. The van der Waals surface area contributed by atoms with Gasteiger partial charge in [0.25, 0.3) is 0 Å². The van der Waals surface area contributed by atoms with E-state index in [1.807, 2.05) is 26.1 Å². The fraction of sp³-hybridized carbons (Fsp3) is 0.450. The van der Waals surface area contributed by atoms with E-state index in [0.717, 1.165) is 29.7 Å². The number of ether oxygens (including phenoxy) is 1. The Morgan fingerprint density at radius 1 is 1.22 bits per heavy atom. The molecule has 0 fully saturated rings. The second-order valence-corrected chi connectivity index (χ2v) is 6.34. The molecule has 1 heterocycles. The molecule has 1 aromatic heterocycles. The Labute approximate surface area is 138 Å². The first kappa shape index (κ1) is 17.5. The van der Waals surface area contributed by atoms with E-state index >= 15 is 0 Å². The summed E-state index contributed by atoms with van der Waals surface area (Å²) in [6.07, 6.45) is 5.31. The van der Waals surface area contributed by atoms with E-state index in [-0.39, 0.29) is 11.7 Å². The van der Waals surface area contributed by atoms with Gasteiger partial charge in [0, 0.05) is 17.8 Å². The van der Waals surface area contributed by atoms with Crippen molar-refractivity contribution < 1.29 is 9.13 Å². The van der Waals surface area contributed by atoms with Gasteiger partial charge in [-0.2, -0.15) is 0 Å². The summed E-state index contributed by atoms with van der Waals surface area (Å²) >= 11 is 0. The van der Waals surface area contributed by atoms with Gasteiger partial charge in [-0.25, -0.2) is 4.39 Å². The number of benzene rings is 1. The number of hydrogen-bond donors (Lipinski definition) is 0. The van der Waals surface area contributed by atoms with Crippen LogP contribution in [0.15, 0.2) is 24.4 Å². The molecule has 0 N–H and O–H groups in total.